The Bertz CT molecular complexity index is 352. The van der Waals surface area contributed by atoms with Gasteiger partial charge in [0.1, 0.15) is 0 Å². The van der Waals surface area contributed by atoms with E-state index in [1.165, 1.54) is 12.0 Å². The Kier molecular flexibility index (Phi) is 6.90. The van der Waals surface area contributed by atoms with Crippen molar-refractivity contribution in [3.63, 3.8) is 0 Å². The van der Waals surface area contributed by atoms with Crippen LogP contribution in [0.4, 0.5) is 0 Å². The van der Waals surface area contributed by atoms with E-state index in [0.29, 0.717) is 6.04 Å². The Hall–Kier alpha value is -0.380. The van der Waals surface area contributed by atoms with Gasteiger partial charge in [0.25, 0.3) is 0 Å². The third-order valence-corrected chi connectivity index (χ3v) is 3.74. The Morgan fingerprint density at radius 2 is 2.00 bits per heavy atom. The highest BCUT2D eigenvalue weighted by Crippen LogP contribution is 2.19. The number of hydrogen-bond donors (Lipinski definition) is 1. The molecule has 0 amide bonds. The molecule has 1 rings (SSSR count). The molecule has 0 aliphatic heterocycles. The summed E-state index contributed by atoms with van der Waals surface area (Å²) in [6, 6.07) is 9.03. The molecule has 1 atom stereocenters. The maximum absolute atomic E-state index is 6.26. The summed E-state index contributed by atoms with van der Waals surface area (Å²) in [5.74, 6) is 0. The fourth-order valence-corrected chi connectivity index (χ4v) is 2.54. The third-order valence-electron chi connectivity index (χ3n) is 3.25. The summed E-state index contributed by atoms with van der Waals surface area (Å²) in [5.41, 5.74) is 7.47. The van der Waals surface area contributed by atoms with Gasteiger partial charge >= 0.3 is 0 Å². The third kappa shape index (κ3) is 5.09. The number of hydrogen-bond acceptors (Lipinski definition) is 2. The molecule has 18 heavy (non-hydrogen) atoms. The van der Waals surface area contributed by atoms with Crippen LogP contribution in [0.2, 0.25) is 0 Å². The lowest BCUT2D eigenvalue weighted by atomic mass is 10.0. The fraction of sp³-hybridized carbons (Fsp3) is 0.600. The zero-order chi connectivity index (χ0) is 13.5. The van der Waals surface area contributed by atoms with E-state index in [1.54, 1.807) is 0 Å². The highest BCUT2D eigenvalue weighted by Gasteiger charge is 2.12. The molecule has 2 nitrogen and oxygen atoms in total. The number of nitrogens with zero attached hydrogens (tertiary/aromatic N) is 1. The molecule has 2 N–H and O–H groups in total. The molecular formula is C15H25BrN2. The number of halogens is 1. The lowest BCUT2D eigenvalue weighted by Gasteiger charge is -2.27. The topological polar surface area (TPSA) is 29.3 Å². The highest BCUT2D eigenvalue weighted by atomic mass is 79.9. The minimum atomic E-state index is 0.126. The van der Waals surface area contributed by atoms with E-state index in [1.807, 2.05) is 12.1 Å². The molecule has 1 unspecified atom stereocenters. The predicted molar refractivity (Wildman–Crippen MR) is 82.7 cm³/mol. The molecular weight excluding hydrogens is 288 g/mol. The second-order valence-corrected chi connectivity index (χ2v) is 6.00. The summed E-state index contributed by atoms with van der Waals surface area (Å²) in [4.78, 5) is 2.50. The Morgan fingerprint density at radius 3 is 2.56 bits per heavy atom. The molecule has 0 saturated heterocycles. The van der Waals surface area contributed by atoms with E-state index in [0.717, 1.165) is 24.0 Å². The SMILES string of the molecule is CCCN(CCC(N)c1cccc(Br)c1)C(C)C. The van der Waals surface area contributed by atoms with Crippen molar-refractivity contribution in [3.05, 3.63) is 34.3 Å². The van der Waals surface area contributed by atoms with Crippen LogP contribution in [-0.4, -0.2) is 24.0 Å². The molecule has 3 heteroatoms. The highest BCUT2D eigenvalue weighted by molar-refractivity contribution is 9.10. The summed E-state index contributed by atoms with van der Waals surface area (Å²) in [6.45, 7) is 8.95. The zero-order valence-corrected chi connectivity index (χ0v) is 13.3. The second kappa shape index (κ2) is 7.93. The first kappa shape index (κ1) is 15.7. The van der Waals surface area contributed by atoms with Crippen LogP contribution < -0.4 is 5.73 Å². The number of rotatable bonds is 7. The van der Waals surface area contributed by atoms with E-state index >= 15 is 0 Å². The Balaban J connectivity index is 2.51. The van der Waals surface area contributed by atoms with Gasteiger partial charge in [0.2, 0.25) is 0 Å². The summed E-state index contributed by atoms with van der Waals surface area (Å²) in [7, 11) is 0. The lowest BCUT2D eigenvalue weighted by molar-refractivity contribution is 0.214. The van der Waals surface area contributed by atoms with Crippen LogP contribution in [0.3, 0.4) is 0 Å². The smallest absolute Gasteiger partial charge is 0.0307 e. The molecule has 1 aromatic carbocycles. The first-order valence-corrected chi connectivity index (χ1v) is 7.59. The molecule has 0 radical (unpaired) electrons. The fourth-order valence-electron chi connectivity index (χ4n) is 2.12. The van der Waals surface area contributed by atoms with Crippen molar-refractivity contribution in [3.8, 4) is 0 Å². The standard InChI is InChI=1S/C15H25BrN2/c1-4-9-18(12(2)3)10-8-15(17)13-6-5-7-14(16)11-13/h5-7,11-12,15H,4,8-10,17H2,1-3H3. The van der Waals surface area contributed by atoms with Gasteiger partial charge in [0.05, 0.1) is 0 Å². The molecule has 0 aromatic heterocycles. The average Bonchev–Trinajstić information content (AvgIpc) is 2.33. The predicted octanol–water partition coefficient (Wildman–Crippen LogP) is 3.96. The van der Waals surface area contributed by atoms with Crippen molar-refractivity contribution in [1.82, 2.24) is 4.90 Å². The van der Waals surface area contributed by atoms with Gasteiger partial charge in [-0.3, -0.25) is 0 Å². The van der Waals surface area contributed by atoms with Gasteiger partial charge in [-0.1, -0.05) is 35.0 Å². The largest absolute Gasteiger partial charge is 0.324 e. The minimum absolute atomic E-state index is 0.126. The van der Waals surface area contributed by atoms with E-state index in [4.69, 9.17) is 5.73 Å². The van der Waals surface area contributed by atoms with Gasteiger partial charge < -0.3 is 10.6 Å². The summed E-state index contributed by atoms with van der Waals surface area (Å²) >= 11 is 3.49. The molecule has 102 valence electrons. The molecule has 0 spiro atoms. The van der Waals surface area contributed by atoms with Crippen molar-refractivity contribution in [2.24, 2.45) is 5.73 Å². The van der Waals surface area contributed by atoms with Gasteiger partial charge in [0, 0.05) is 23.1 Å². The van der Waals surface area contributed by atoms with E-state index in [2.05, 4.69) is 53.7 Å². The number of nitrogens with two attached hydrogens (primary N) is 1. The van der Waals surface area contributed by atoms with Gasteiger partial charge in [-0.25, -0.2) is 0 Å². The van der Waals surface area contributed by atoms with E-state index in [-0.39, 0.29) is 6.04 Å². The van der Waals surface area contributed by atoms with Crippen LogP contribution in [0.15, 0.2) is 28.7 Å². The molecule has 0 fully saturated rings. The molecule has 0 saturated carbocycles. The van der Waals surface area contributed by atoms with Crippen molar-refractivity contribution in [2.75, 3.05) is 13.1 Å². The van der Waals surface area contributed by atoms with Crippen LogP contribution in [0.25, 0.3) is 0 Å². The van der Waals surface area contributed by atoms with Gasteiger partial charge in [-0.05, 0) is 50.9 Å². The van der Waals surface area contributed by atoms with Crippen LogP contribution >= 0.6 is 15.9 Å². The maximum Gasteiger partial charge on any atom is 0.0307 e. The van der Waals surface area contributed by atoms with Crippen LogP contribution in [0, 0.1) is 0 Å². The minimum Gasteiger partial charge on any atom is -0.324 e. The number of benzene rings is 1. The molecule has 0 aliphatic carbocycles. The van der Waals surface area contributed by atoms with Crippen molar-refractivity contribution in [2.45, 2.75) is 45.7 Å². The summed E-state index contributed by atoms with van der Waals surface area (Å²) < 4.78 is 1.10. The maximum atomic E-state index is 6.26. The molecule has 1 aromatic rings. The van der Waals surface area contributed by atoms with Gasteiger partial charge in [-0.15, -0.1) is 0 Å². The first-order chi connectivity index (χ1) is 8.54. The Labute approximate surface area is 120 Å². The normalized spacial score (nSPS) is 13.3. The lowest BCUT2D eigenvalue weighted by Crippen LogP contribution is -2.34. The van der Waals surface area contributed by atoms with Gasteiger partial charge in [0.15, 0.2) is 0 Å². The summed E-state index contributed by atoms with van der Waals surface area (Å²) in [6.07, 6.45) is 2.21. The molecule has 0 aliphatic rings. The summed E-state index contributed by atoms with van der Waals surface area (Å²) in [5, 5.41) is 0. The van der Waals surface area contributed by atoms with Crippen molar-refractivity contribution < 1.29 is 0 Å². The van der Waals surface area contributed by atoms with Crippen LogP contribution in [0.1, 0.15) is 45.2 Å². The molecule has 0 heterocycles. The van der Waals surface area contributed by atoms with Crippen molar-refractivity contribution in [1.29, 1.82) is 0 Å². The van der Waals surface area contributed by atoms with E-state index in [9.17, 15) is 0 Å². The first-order valence-electron chi connectivity index (χ1n) is 6.79. The van der Waals surface area contributed by atoms with Gasteiger partial charge in [-0.2, -0.15) is 0 Å². The zero-order valence-electron chi connectivity index (χ0n) is 11.7. The quantitative estimate of drug-likeness (QED) is 0.825. The molecule has 0 bridgehead atoms. The van der Waals surface area contributed by atoms with Crippen molar-refractivity contribution >= 4 is 15.9 Å². The Morgan fingerprint density at radius 1 is 1.28 bits per heavy atom. The van der Waals surface area contributed by atoms with E-state index < -0.39 is 0 Å². The van der Waals surface area contributed by atoms with Crippen LogP contribution in [-0.2, 0) is 0 Å². The average molecular weight is 313 g/mol. The second-order valence-electron chi connectivity index (χ2n) is 5.08. The monoisotopic (exact) mass is 312 g/mol. The van der Waals surface area contributed by atoms with Crippen LogP contribution in [0.5, 0.6) is 0 Å².